The Balaban J connectivity index is 1.03. The Morgan fingerprint density at radius 1 is 0.956 bits per heavy atom. The summed E-state index contributed by atoms with van der Waals surface area (Å²) < 4.78 is 21.6. The van der Waals surface area contributed by atoms with E-state index in [-0.39, 0.29) is 23.7 Å². The lowest BCUT2D eigenvalue weighted by Crippen LogP contribution is -2.45. The Hall–Kier alpha value is -4.38. The molecule has 0 aliphatic carbocycles. The summed E-state index contributed by atoms with van der Waals surface area (Å²) in [5, 5.41) is 2.70. The van der Waals surface area contributed by atoms with E-state index in [9.17, 15) is 14.0 Å². The smallest absolute Gasteiger partial charge is 0.413 e. The first-order valence-corrected chi connectivity index (χ1v) is 15.7. The van der Waals surface area contributed by atoms with Crippen LogP contribution in [0.15, 0.2) is 60.9 Å². The van der Waals surface area contributed by atoms with Crippen molar-refractivity contribution < 1.29 is 18.7 Å². The molecule has 0 atom stereocenters. The number of fused-ring (bicyclic) bond motifs is 1. The van der Waals surface area contributed by atoms with E-state index in [1.165, 1.54) is 12.1 Å². The summed E-state index contributed by atoms with van der Waals surface area (Å²) >= 11 is 0. The summed E-state index contributed by atoms with van der Waals surface area (Å²) in [6.07, 6.45) is 6.13. The standard InChI is InChI=1S/C34H40FN7O3/c1-34(2,3)45-33(44)39-30-20-23(9-15-37-30)22-40-16-10-24(11-17-40)32(43)41-18-12-26(13-19-41)42-29-8-7-25(35)21-28(29)38-31(42)27-6-4-5-14-36-27/h4-9,14-15,20-21,24,26H,10-13,16-19,22H2,1-3H3,(H,37,39,44). The number of nitrogens with one attached hydrogen (secondary N) is 1. The molecule has 6 rings (SSSR count). The van der Waals surface area contributed by atoms with Crippen LogP contribution >= 0.6 is 0 Å². The van der Waals surface area contributed by atoms with Crippen LogP contribution in [0.4, 0.5) is 15.0 Å². The van der Waals surface area contributed by atoms with Crippen LogP contribution in [0.3, 0.4) is 0 Å². The minimum atomic E-state index is -0.584. The van der Waals surface area contributed by atoms with Crippen molar-refractivity contribution >= 4 is 28.9 Å². The van der Waals surface area contributed by atoms with Gasteiger partial charge in [-0.1, -0.05) is 6.07 Å². The van der Waals surface area contributed by atoms with E-state index in [2.05, 4.69) is 24.8 Å². The average molecular weight is 614 g/mol. The van der Waals surface area contributed by atoms with E-state index in [0.717, 1.165) is 67.9 Å². The Bertz CT molecular complexity index is 1650. The number of likely N-dealkylation sites (tertiary alicyclic amines) is 2. The van der Waals surface area contributed by atoms with Crippen molar-refractivity contribution in [3.63, 3.8) is 0 Å². The molecule has 11 heteroatoms. The highest BCUT2D eigenvalue weighted by molar-refractivity contribution is 5.83. The van der Waals surface area contributed by atoms with Gasteiger partial charge in [0.05, 0.1) is 11.0 Å². The number of rotatable bonds is 6. The number of carbonyl (C=O) groups is 2. The van der Waals surface area contributed by atoms with E-state index < -0.39 is 11.7 Å². The normalized spacial score (nSPS) is 17.0. The highest BCUT2D eigenvalue weighted by Crippen LogP contribution is 2.34. The fourth-order valence-electron chi connectivity index (χ4n) is 6.37. The molecule has 2 aliphatic heterocycles. The Morgan fingerprint density at radius 2 is 1.73 bits per heavy atom. The van der Waals surface area contributed by atoms with Gasteiger partial charge in [-0.2, -0.15) is 0 Å². The molecule has 0 bridgehead atoms. The fraction of sp³-hybridized carbons (Fsp3) is 0.441. The van der Waals surface area contributed by atoms with Crippen LogP contribution in [-0.2, 0) is 16.1 Å². The number of piperidine rings is 2. The molecule has 3 aromatic heterocycles. The molecule has 236 valence electrons. The number of hydrogen-bond donors (Lipinski definition) is 1. The lowest BCUT2D eigenvalue weighted by Gasteiger charge is -2.38. The summed E-state index contributed by atoms with van der Waals surface area (Å²) in [6, 6.07) is 14.4. The third kappa shape index (κ3) is 7.30. The first-order valence-electron chi connectivity index (χ1n) is 15.7. The average Bonchev–Trinajstić information content (AvgIpc) is 3.39. The van der Waals surface area contributed by atoms with Crippen molar-refractivity contribution in [2.24, 2.45) is 5.92 Å². The number of imidazole rings is 1. The van der Waals surface area contributed by atoms with E-state index in [0.29, 0.717) is 24.4 Å². The molecule has 10 nitrogen and oxygen atoms in total. The number of pyridine rings is 2. The zero-order valence-electron chi connectivity index (χ0n) is 26.1. The molecule has 2 aliphatic rings. The number of amides is 2. The van der Waals surface area contributed by atoms with Gasteiger partial charge in [0.25, 0.3) is 0 Å². The SMILES string of the molecule is CC(C)(C)OC(=O)Nc1cc(CN2CCC(C(=O)N3CCC(n4c(-c5ccccn5)nc5cc(F)ccc54)CC3)CC2)ccn1. The highest BCUT2D eigenvalue weighted by atomic mass is 19.1. The monoisotopic (exact) mass is 613 g/mol. The first-order chi connectivity index (χ1) is 21.6. The highest BCUT2D eigenvalue weighted by Gasteiger charge is 2.32. The van der Waals surface area contributed by atoms with Crippen LogP contribution in [0.1, 0.15) is 58.1 Å². The second-order valence-electron chi connectivity index (χ2n) is 12.9. The summed E-state index contributed by atoms with van der Waals surface area (Å²) in [7, 11) is 0. The van der Waals surface area contributed by atoms with Gasteiger partial charge in [-0.15, -0.1) is 0 Å². The zero-order valence-corrected chi connectivity index (χ0v) is 26.1. The van der Waals surface area contributed by atoms with Gasteiger partial charge in [0.15, 0.2) is 5.82 Å². The minimum Gasteiger partial charge on any atom is -0.444 e. The third-order valence-corrected chi connectivity index (χ3v) is 8.48. The number of hydrogen-bond acceptors (Lipinski definition) is 7. The van der Waals surface area contributed by atoms with E-state index >= 15 is 0 Å². The van der Waals surface area contributed by atoms with Crippen molar-refractivity contribution in [2.45, 2.75) is 64.6 Å². The van der Waals surface area contributed by atoms with Crippen molar-refractivity contribution in [2.75, 3.05) is 31.5 Å². The Labute approximate surface area is 262 Å². The summed E-state index contributed by atoms with van der Waals surface area (Å²) in [4.78, 5) is 43.6. The molecule has 2 amide bonds. The number of aromatic nitrogens is 4. The molecule has 4 aromatic rings. The molecule has 2 saturated heterocycles. The van der Waals surface area contributed by atoms with Crippen molar-refractivity contribution in [3.8, 4) is 11.5 Å². The summed E-state index contributed by atoms with van der Waals surface area (Å²) in [6.45, 7) is 9.19. The maximum Gasteiger partial charge on any atom is 0.413 e. The number of nitrogens with zero attached hydrogens (tertiary/aromatic N) is 6. The van der Waals surface area contributed by atoms with Crippen molar-refractivity contribution in [1.82, 2.24) is 29.3 Å². The van der Waals surface area contributed by atoms with Crippen LogP contribution in [0, 0.1) is 11.7 Å². The van der Waals surface area contributed by atoms with Gasteiger partial charge in [-0.25, -0.2) is 19.2 Å². The van der Waals surface area contributed by atoms with Gasteiger partial charge in [0.2, 0.25) is 5.91 Å². The van der Waals surface area contributed by atoms with E-state index in [1.54, 1.807) is 18.5 Å². The topological polar surface area (TPSA) is 105 Å². The van der Waals surface area contributed by atoms with Crippen LogP contribution < -0.4 is 5.32 Å². The molecule has 5 heterocycles. The van der Waals surface area contributed by atoms with Crippen LogP contribution in [0.2, 0.25) is 0 Å². The largest absolute Gasteiger partial charge is 0.444 e. The maximum absolute atomic E-state index is 14.0. The molecule has 0 unspecified atom stereocenters. The van der Waals surface area contributed by atoms with Gasteiger partial charge in [0, 0.05) is 50.1 Å². The van der Waals surface area contributed by atoms with Crippen molar-refractivity contribution in [1.29, 1.82) is 0 Å². The molecule has 0 saturated carbocycles. The van der Waals surface area contributed by atoms with Gasteiger partial charge in [0.1, 0.15) is 22.9 Å². The summed E-state index contributed by atoms with van der Waals surface area (Å²) in [5.74, 6) is 1.13. The minimum absolute atomic E-state index is 0.0146. The Morgan fingerprint density at radius 3 is 2.44 bits per heavy atom. The number of carbonyl (C=O) groups excluding carboxylic acids is 2. The molecule has 1 aromatic carbocycles. The molecule has 2 fully saturated rings. The van der Waals surface area contributed by atoms with Gasteiger partial charge < -0.3 is 14.2 Å². The summed E-state index contributed by atoms with van der Waals surface area (Å²) in [5.41, 5.74) is 2.71. The van der Waals surface area contributed by atoms with Crippen LogP contribution in [0.25, 0.3) is 22.6 Å². The molecule has 45 heavy (non-hydrogen) atoms. The van der Waals surface area contributed by atoms with Crippen LogP contribution in [0.5, 0.6) is 0 Å². The van der Waals surface area contributed by atoms with Gasteiger partial charge >= 0.3 is 6.09 Å². The predicted octanol–water partition coefficient (Wildman–Crippen LogP) is 6.06. The molecule has 0 radical (unpaired) electrons. The lowest BCUT2D eigenvalue weighted by molar-refractivity contribution is -0.138. The number of benzene rings is 1. The zero-order chi connectivity index (χ0) is 31.6. The molecule has 0 spiro atoms. The lowest BCUT2D eigenvalue weighted by atomic mass is 9.93. The van der Waals surface area contributed by atoms with Crippen molar-refractivity contribution in [3.05, 3.63) is 72.3 Å². The van der Waals surface area contributed by atoms with Crippen LogP contribution in [-0.4, -0.2) is 73.1 Å². The molecular weight excluding hydrogens is 573 g/mol. The fourth-order valence-corrected chi connectivity index (χ4v) is 6.37. The Kier molecular flexibility index (Phi) is 8.80. The predicted molar refractivity (Wildman–Crippen MR) is 170 cm³/mol. The van der Waals surface area contributed by atoms with E-state index in [4.69, 9.17) is 9.72 Å². The second-order valence-corrected chi connectivity index (χ2v) is 12.9. The number of anilines is 1. The quantitative estimate of drug-likeness (QED) is 0.282. The first kappa shape index (κ1) is 30.6. The van der Waals surface area contributed by atoms with Gasteiger partial charge in [-0.05, 0) is 102 Å². The van der Waals surface area contributed by atoms with E-state index in [1.807, 2.05) is 56.0 Å². The molecule has 1 N–H and O–H groups in total. The second kappa shape index (κ2) is 12.9. The van der Waals surface area contributed by atoms with Gasteiger partial charge in [-0.3, -0.25) is 20.0 Å². The third-order valence-electron chi connectivity index (χ3n) is 8.48. The molecular formula is C34H40FN7O3. The number of halogens is 1. The maximum atomic E-state index is 14.0. The number of ether oxygens (including phenoxy) is 1.